The van der Waals surface area contributed by atoms with E-state index in [2.05, 4.69) is 10.1 Å². The van der Waals surface area contributed by atoms with Gasteiger partial charge in [0.1, 0.15) is 17.8 Å². The molecule has 0 aromatic heterocycles. The predicted octanol–water partition coefficient (Wildman–Crippen LogP) is 1.81. The van der Waals surface area contributed by atoms with Crippen LogP contribution in [0.15, 0.2) is 0 Å². The van der Waals surface area contributed by atoms with Crippen molar-refractivity contribution in [2.45, 2.75) is 52.6 Å². The van der Waals surface area contributed by atoms with Crippen molar-refractivity contribution >= 4 is 17.8 Å². The zero-order valence-corrected chi connectivity index (χ0v) is 12.1. The molecule has 0 aliphatic carbocycles. The lowest BCUT2D eigenvalue weighted by atomic mass is 10.1. The molecule has 1 N–H and O–H groups in total. The van der Waals surface area contributed by atoms with E-state index in [4.69, 9.17) is 4.74 Å². The van der Waals surface area contributed by atoms with Crippen LogP contribution in [-0.4, -0.2) is 36.6 Å². The van der Waals surface area contributed by atoms with Crippen LogP contribution >= 0.6 is 0 Å². The van der Waals surface area contributed by atoms with Crippen LogP contribution in [0.3, 0.4) is 0 Å². The van der Waals surface area contributed by atoms with Gasteiger partial charge in [-0.1, -0.05) is 0 Å². The van der Waals surface area contributed by atoms with Gasteiger partial charge in [-0.05, 0) is 34.1 Å². The number of carbonyl (C=O) groups excluding carboxylic acids is 3. The third-order valence-corrected chi connectivity index (χ3v) is 1.95. The van der Waals surface area contributed by atoms with Gasteiger partial charge in [-0.2, -0.15) is 0 Å². The quantitative estimate of drug-likeness (QED) is 0.434. The monoisotopic (exact) mass is 273 g/mol. The summed E-state index contributed by atoms with van der Waals surface area (Å²) < 4.78 is 9.69. The van der Waals surface area contributed by atoms with E-state index in [1.807, 2.05) is 0 Å². The second-order valence-corrected chi connectivity index (χ2v) is 5.05. The average Bonchev–Trinajstić information content (AvgIpc) is 2.22. The van der Waals surface area contributed by atoms with Crippen LogP contribution in [0.1, 0.15) is 47.0 Å². The molecule has 0 spiro atoms. The summed E-state index contributed by atoms with van der Waals surface area (Å²) in [4.78, 5) is 33.6. The van der Waals surface area contributed by atoms with E-state index in [9.17, 15) is 14.4 Å². The number of hydrogen-bond acceptors (Lipinski definition) is 5. The Balaban J connectivity index is 3.66. The van der Waals surface area contributed by atoms with Gasteiger partial charge in [-0.3, -0.25) is 9.59 Å². The van der Waals surface area contributed by atoms with E-state index in [0.717, 1.165) is 0 Å². The molecule has 0 fully saturated rings. The Hall–Kier alpha value is -1.59. The number of esters is 1. The van der Waals surface area contributed by atoms with Crippen LogP contribution in [0.4, 0.5) is 4.79 Å². The normalized spacial score (nSPS) is 10.7. The minimum absolute atomic E-state index is 0.190. The maximum Gasteiger partial charge on any atom is 0.407 e. The second-order valence-electron chi connectivity index (χ2n) is 5.05. The van der Waals surface area contributed by atoms with Gasteiger partial charge in [-0.15, -0.1) is 0 Å². The molecule has 1 amide bonds. The number of hydrogen-bond donors (Lipinski definition) is 1. The summed E-state index contributed by atoms with van der Waals surface area (Å²) in [5.74, 6) is -0.697. The SMILES string of the molecule is CCOC(=O)CC(=O)CCCNC(=O)OC(C)(C)C. The number of rotatable bonds is 7. The van der Waals surface area contributed by atoms with Gasteiger partial charge in [0.05, 0.1) is 6.61 Å². The molecular weight excluding hydrogens is 250 g/mol. The Labute approximate surface area is 113 Å². The minimum Gasteiger partial charge on any atom is -0.466 e. The number of alkyl carbamates (subject to hydrolysis) is 1. The van der Waals surface area contributed by atoms with E-state index in [1.165, 1.54) is 0 Å². The van der Waals surface area contributed by atoms with Gasteiger partial charge in [0.2, 0.25) is 0 Å². The summed E-state index contributed by atoms with van der Waals surface area (Å²) in [5.41, 5.74) is -0.538. The Morgan fingerprint density at radius 2 is 1.79 bits per heavy atom. The fraction of sp³-hybridized carbons (Fsp3) is 0.769. The maximum atomic E-state index is 11.4. The number of carbonyl (C=O) groups is 3. The molecule has 0 saturated carbocycles. The van der Waals surface area contributed by atoms with Crippen LogP contribution < -0.4 is 5.32 Å². The second kappa shape index (κ2) is 8.50. The van der Waals surface area contributed by atoms with Gasteiger partial charge in [0, 0.05) is 13.0 Å². The Morgan fingerprint density at radius 3 is 2.32 bits per heavy atom. The average molecular weight is 273 g/mol. The van der Waals surface area contributed by atoms with Crippen molar-refractivity contribution in [2.24, 2.45) is 0 Å². The van der Waals surface area contributed by atoms with Crippen molar-refractivity contribution in [3.63, 3.8) is 0 Å². The fourth-order valence-electron chi connectivity index (χ4n) is 1.25. The molecule has 0 heterocycles. The Morgan fingerprint density at radius 1 is 1.16 bits per heavy atom. The summed E-state index contributed by atoms with van der Waals surface area (Å²) in [6.07, 6.45) is -0.0165. The van der Waals surface area contributed by atoms with Crippen LogP contribution in [0.2, 0.25) is 0 Å². The first-order valence-electron chi connectivity index (χ1n) is 6.38. The highest BCUT2D eigenvalue weighted by molar-refractivity contribution is 5.95. The summed E-state index contributed by atoms with van der Waals surface area (Å²) in [5, 5.41) is 2.54. The van der Waals surface area contributed by atoms with Crippen molar-refractivity contribution in [1.29, 1.82) is 0 Å². The Kier molecular flexibility index (Phi) is 7.79. The topological polar surface area (TPSA) is 81.7 Å². The largest absolute Gasteiger partial charge is 0.466 e. The fourth-order valence-corrected chi connectivity index (χ4v) is 1.25. The smallest absolute Gasteiger partial charge is 0.407 e. The standard InChI is InChI=1S/C13H23NO5/c1-5-18-11(16)9-10(15)7-6-8-14-12(17)19-13(2,3)4/h5-9H2,1-4H3,(H,14,17). The lowest BCUT2D eigenvalue weighted by Gasteiger charge is -2.19. The molecule has 0 saturated heterocycles. The van der Waals surface area contributed by atoms with E-state index in [1.54, 1.807) is 27.7 Å². The third-order valence-electron chi connectivity index (χ3n) is 1.95. The first-order chi connectivity index (χ1) is 8.74. The van der Waals surface area contributed by atoms with Gasteiger partial charge in [-0.25, -0.2) is 4.79 Å². The zero-order valence-electron chi connectivity index (χ0n) is 12.1. The summed E-state index contributed by atoms with van der Waals surface area (Å²) in [6, 6.07) is 0. The molecule has 6 nitrogen and oxygen atoms in total. The molecule has 0 aromatic carbocycles. The van der Waals surface area contributed by atoms with Crippen molar-refractivity contribution in [1.82, 2.24) is 5.32 Å². The van der Waals surface area contributed by atoms with Gasteiger partial charge in [0.25, 0.3) is 0 Å². The van der Waals surface area contributed by atoms with E-state index >= 15 is 0 Å². The first kappa shape index (κ1) is 17.4. The maximum absolute atomic E-state index is 11.4. The molecule has 19 heavy (non-hydrogen) atoms. The molecular formula is C13H23NO5. The molecule has 0 unspecified atom stereocenters. The van der Waals surface area contributed by atoms with Gasteiger partial charge < -0.3 is 14.8 Å². The molecule has 0 bridgehead atoms. The highest BCUT2D eigenvalue weighted by Gasteiger charge is 2.15. The van der Waals surface area contributed by atoms with Gasteiger partial charge >= 0.3 is 12.1 Å². The predicted molar refractivity (Wildman–Crippen MR) is 69.7 cm³/mol. The molecule has 0 rings (SSSR count). The number of amides is 1. The van der Waals surface area contributed by atoms with Crippen molar-refractivity contribution < 1.29 is 23.9 Å². The molecule has 0 radical (unpaired) electrons. The Bertz CT molecular complexity index is 319. The van der Waals surface area contributed by atoms with Crippen molar-refractivity contribution in [3.8, 4) is 0 Å². The summed E-state index contributed by atoms with van der Waals surface area (Å²) in [6.45, 7) is 7.61. The summed E-state index contributed by atoms with van der Waals surface area (Å²) in [7, 11) is 0. The third kappa shape index (κ3) is 11.2. The van der Waals surface area contributed by atoms with Crippen LogP contribution in [0, 0.1) is 0 Å². The molecule has 0 aromatic rings. The lowest BCUT2D eigenvalue weighted by molar-refractivity contribution is -0.145. The molecule has 0 aliphatic heterocycles. The molecule has 0 atom stereocenters. The lowest BCUT2D eigenvalue weighted by Crippen LogP contribution is -2.33. The summed E-state index contributed by atoms with van der Waals surface area (Å²) >= 11 is 0. The molecule has 0 aliphatic rings. The van der Waals surface area contributed by atoms with E-state index < -0.39 is 17.7 Å². The zero-order chi connectivity index (χ0) is 14.9. The number of ether oxygens (including phenoxy) is 2. The van der Waals surface area contributed by atoms with Crippen molar-refractivity contribution in [3.05, 3.63) is 0 Å². The number of nitrogens with one attached hydrogen (secondary N) is 1. The number of ketones is 1. The van der Waals surface area contributed by atoms with Crippen molar-refractivity contribution in [2.75, 3.05) is 13.2 Å². The highest BCUT2D eigenvalue weighted by Crippen LogP contribution is 2.06. The van der Waals surface area contributed by atoms with Crippen LogP contribution in [0.5, 0.6) is 0 Å². The van der Waals surface area contributed by atoms with Crippen LogP contribution in [-0.2, 0) is 19.1 Å². The molecule has 6 heteroatoms. The first-order valence-corrected chi connectivity index (χ1v) is 6.38. The number of Topliss-reactive ketones (excluding diaryl/α,β-unsaturated/α-hetero) is 1. The van der Waals surface area contributed by atoms with Crippen LogP contribution in [0.25, 0.3) is 0 Å². The molecule has 110 valence electrons. The van der Waals surface area contributed by atoms with E-state index in [0.29, 0.717) is 13.0 Å². The highest BCUT2D eigenvalue weighted by atomic mass is 16.6. The minimum atomic E-state index is -0.538. The van der Waals surface area contributed by atoms with E-state index in [-0.39, 0.29) is 25.2 Å². The van der Waals surface area contributed by atoms with Gasteiger partial charge in [0.15, 0.2) is 0 Å².